The molecule has 2 aliphatic rings. The number of carbonyl (C=O) groups is 1. The summed E-state index contributed by atoms with van der Waals surface area (Å²) in [7, 11) is 1.70. The van der Waals surface area contributed by atoms with Crippen LogP contribution in [0.25, 0.3) is 5.69 Å². The Morgan fingerprint density at radius 2 is 1.97 bits per heavy atom. The van der Waals surface area contributed by atoms with Gasteiger partial charge in [0.25, 0.3) is 5.95 Å². The number of anilines is 2. The van der Waals surface area contributed by atoms with E-state index in [1.54, 1.807) is 19.2 Å². The largest absolute Gasteiger partial charge is 0.444 e. The first-order valence-electron chi connectivity index (χ1n) is 9.24. The Bertz CT molecular complexity index is 1070. The third-order valence-electron chi connectivity index (χ3n) is 5.01. The molecule has 4 heterocycles. The van der Waals surface area contributed by atoms with E-state index >= 15 is 0 Å². The normalized spacial score (nSPS) is 18.4. The summed E-state index contributed by atoms with van der Waals surface area (Å²) in [4.78, 5) is 18.0. The highest BCUT2D eigenvalue weighted by molar-refractivity contribution is 5.89. The van der Waals surface area contributed by atoms with Crippen molar-refractivity contribution in [1.29, 1.82) is 0 Å². The molecule has 5 rings (SSSR count). The lowest BCUT2D eigenvalue weighted by Crippen LogP contribution is -2.24. The predicted octanol–water partition coefficient (Wildman–Crippen LogP) is 1.19. The summed E-state index contributed by atoms with van der Waals surface area (Å²) in [6.45, 7) is 3.29. The zero-order valence-corrected chi connectivity index (χ0v) is 15.9. The number of ether oxygens (including phenoxy) is 1. The minimum absolute atomic E-state index is 0.173. The summed E-state index contributed by atoms with van der Waals surface area (Å²) in [5.41, 5.74) is 2.13. The van der Waals surface area contributed by atoms with Gasteiger partial charge in [0, 0.05) is 6.07 Å². The van der Waals surface area contributed by atoms with Crippen LogP contribution in [0.4, 0.5) is 20.8 Å². The van der Waals surface area contributed by atoms with Crippen molar-refractivity contribution in [1.82, 2.24) is 35.2 Å². The molecule has 29 heavy (non-hydrogen) atoms. The first kappa shape index (κ1) is 17.5. The molecule has 0 saturated carbocycles. The number of tetrazole rings is 1. The van der Waals surface area contributed by atoms with Gasteiger partial charge in [-0.25, -0.2) is 9.18 Å². The number of aryl methyl sites for hydroxylation is 1. The minimum Gasteiger partial charge on any atom is -0.444 e. The van der Waals surface area contributed by atoms with E-state index in [0.717, 1.165) is 11.4 Å². The van der Waals surface area contributed by atoms with E-state index in [-0.39, 0.29) is 11.8 Å². The van der Waals surface area contributed by atoms with Gasteiger partial charge in [0.15, 0.2) is 5.82 Å². The molecular weight excluding hydrogens is 381 g/mol. The van der Waals surface area contributed by atoms with Gasteiger partial charge in [-0.1, -0.05) is 12.0 Å². The Balaban J connectivity index is 1.36. The molecule has 2 aliphatic heterocycles. The Morgan fingerprint density at radius 1 is 1.21 bits per heavy atom. The van der Waals surface area contributed by atoms with E-state index in [9.17, 15) is 9.18 Å². The summed E-state index contributed by atoms with van der Waals surface area (Å²) < 4.78 is 20.0. The van der Waals surface area contributed by atoms with Crippen LogP contribution in [0.3, 0.4) is 0 Å². The van der Waals surface area contributed by atoms with Gasteiger partial charge in [0.2, 0.25) is 0 Å². The van der Waals surface area contributed by atoms with E-state index in [1.807, 2.05) is 11.8 Å². The average Bonchev–Trinajstić information content (AvgIpc) is 3.44. The minimum atomic E-state index is -0.517. The second-order valence-electron chi connectivity index (χ2n) is 6.98. The van der Waals surface area contributed by atoms with Gasteiger partial charge in [-0.15, -0.1) is 9.90 Å². The molecule has 11 nitrogen and oxygen atoms in total. The van der Waals surface area contributed by atoms with Crippen LogP contribution in [0.2, 0.25) is 0 Å². The summed E-state index contributed by atoms with van der Waals surface area (Å²) in [5.74, 6) is -0.0198. The molecule has 150 valence electrons. The zero-order valence-electron chi connectivity index (χ0n) is 15.9. The van der Waals surface area contributed by atoms with Crippen LogP contribution in [-0.4, -0.2) is 53.9 Å². The van der Waals surface area contributed by atoms with Crippen LogP contribution in [0.5, 0.6) is 0 Å². The van der Waals surface area contributed by atoms with Crippen LogP contribution in [0, 0.1) is 5.82 Å². The van der Waals surface area contributed by atoms with Crippen LogP contribution >= 0.6 is 0 Å². The maximum Gasteiger partial charge on any atom is 0.414 e. The van der Waals surface area contributed by atoms with E-state index in [0.29, 0.717) is 37.7 Å². The molecule has 0 aliphatic carbocycles. The maximum absolute atomic E-state index is 14.8. The Kier molecular flexibility index (Phi) is 3.93. The lowest BCUT2D eigenvalue weighted by atomic mass is 10.2. The average molecular weight is 399 g/mol. The molecule has 1 atom stereocenters. The summed E-state index contributed by atoms with van der Waals surface area (Å²) in [5, 5.41) is 20.8. The van der Waals surface area contributed by atoms with Crippen molar-refractivity contribution in [3.63, 3.8) is 0 Å². The third-order valence-corrected chi connectivity index (χ3v) is 5.01. The monoisotopic (exact) mass is 399 g/mol. The highest BCUT2D eigenvalue weighted by atomic mass is 19.1. The second kappa shape index (κ2) is 6.50. The molecule has 12 heteroatoms. The smallest absolute Gasteiger partial charge is 0.414 e. The topological polar surface area (TPSA) is 107 Å². The standard InChI is InChI=1S/C17H18FN9O2/c1-3-11-7-26(17(28)29-11)10-4-5-15(12(18)6-10)27-20-13-8-25(9-14(13)21-27)16-19-23-24(2)22-16/h4-6,11H,3,7-9H2,1-2H3/t11-/m0/s1. The zero-order chi connectivity index (χ0) is 20.1. The Labute approximate surface area is 164 Å². The highest BCUT2D eigenvalue weighted by Gasteiger charge is 2.32. The van der Waals surface area contributed by atoms with Crippen LogP contribution in [0.1, 0.15) is 24.7 Å². The summed E-state index contributed by atoms with van der Waals surface area (Å²) in [6.07, 6.45) is 0.0813. The van der Waals surface area contributed by atoms with Crippen molar-refractivity contribution >= 4 is 17.7 Å². The number of fused-ring (bicyclic) bond motifs is 1. The van der Waals surface area contributed by atoms with Gasteiger partial charge in [-0.05, 0) is 23.8 Å². The molecule has 0 bridgehead atoms. The molecular formula is C17H18FN9O2. The number of halogens is 1. The lowest BCUT2D eigenvalue weighted by molar-refractivity contribution is 0.139. The Morgan fingerprint density at radius 3 is 2.55 bits per heavy atom. The molecule has 0 radical (unpaired) electrons. The molecule has 3 aromatic rings. The molecule has 2 aromatic heterocycles. The van der Waals surface area contributed by atoms with E-state index in [4.69, 9.17) is 4.74 Å². The Hall–Kier alpha value is -3.57. The van der Waals surface area contributed by atoms with Crippen molar-refractivity contribution < 1.29 is 13.9 Å². The van der Waals surface area contributed by atoms with E-state index in [2.05, 4.69) is 25.6 Å². The summed E-state index contributed by atoms with van der Waals surface area (Å²) >= 11 is 0. The highest BCUT2D eigenvalue weighted by Crippen LogP contribution is 2.27. The van der Waals surface area contributed by atoms with Crippen molar-refractivity contribution in [2.24, 2.45) is 7.05 Å². The second-order valence-corrected chi connectivity index (χ2v) is 6.98. The number of nitrogens with zero attached hydrogens (tertiary/aromatic N) is 9. The third kappa shape index (κ3) is 2.96. The molecule has 1 fully saturated rings. The number of benzene rings is 1. The van der Waals surface area contributed by atoms with Crippen molar-refractivity contribution in [3.8, 4) is 5.69 Å². The number of cyclic esters (lactones) is 1. The fourth-order valence-corrected chi connectivity index (χ4v) is 3.45. The molecule has 1 amide bonds. The van der Waals surface area contributed by atoms with Gasteiger partial charge in [-0.3, -0.25) is 4.90 Å². The van der Waals surface area contributed by atoms with Gasteiger partial charge in [0.1, 0.15) is 23.2 Å². The van der Waals surface area contributed by atoms with Gasteiger partial charge in [-0.2, -0.15) is 15.0 Å². The fourth-order valence-electron chi connectivity index (χ4n) is 3.45. The number of hydrogen-bond donors (Lipinski definition) is 0. The van der Waals surface area contributed by atoms with Crippen LogP contribution < -0.4 is 9.80 Å². The van der Waals surface area contributed by atoms with Crippen molar-refractivity contribution in [3.05, 3.63) is 35.4 Å². The molecule has 1 aromatic carbocycles. The number of hydrogen-bond acceptors (Lipinski definition) is 8. The van der Waals surface area contributed by atoms with Gasteiger partial charge < -0.3 is 9.64 Å². The predicted molar refractivity (Wildman–Crippen MR) is 97.9 cm³/mol. The van der Waals surface area contributed by atoms with Crippen LogP contribution in [-0.2, 0) is 24.9 Å². The quantitative estimate of drug-likeness (QED) is 0.644. The molecule has 1 saturated heterocycles. The first-order valence-corrected chi connectivity index (χ1v) is 9.24. The summed E-state index contributed by atoms with van der Waals surface area (Å²) in [6, 6.07) is 4.54. The van der Waals surface area contributed by atoms with Crippen LogP contribution in [0.15, 0.2) is 18.2 Å². The number of amides is 1. The number of rotatable bonds is 4. The molecule has 0 spiro atoms. The van der Waals surface area contributed by atoms with Crippen molar-refractivity contribution in [2.45, 2.75) is 32.5 Å². The molecule has 0 N–H and O–H groups in total. The van der Waals surface area contributed by atoms with E-state index in [1.165, 1.54) is 20.6 Å². The number of aromatic nitrogens is 7. The maximum atomic E-state index is 14.8. The fraction of sp³-hybridized carbons (Fsp3) is 0.412. The van der Waals surface area contributed by atoms with E-state index < -0.39 is 11.9 Å². The van der Waals surface area contributed by atoms with Gasteiger partial charge in [0.05, 0.1) is 32.4 Å². The SMILES string of the molecule is CC[C@H]1CN(c2ccc(-n3nc4c(n3)CN(c3nnn(C)n3)C4)c(F)c2)C(=O)O1. The lowest BCUT2D eigenvalue weighted by Gasteiger charge is -2.14. The van der Waals surface area contributed by atoms with Gasteiger partial charge >= 0.3 is 6.09 Å². The number of carbonyl (C=O) groups excluding carboxylic acids is 1. The van der Waals surface area contributed by atoms with Crippen molar-refractivity contribution in [2.75, 3.05) is 16.3 Å². The molecule has 0 unspecified atom stereocenters. The first-order chi connectivity index (χ1) is 14.0.